The summed E-state index contributed by atoms with van der Waals surface area (Å²) < 4.78 is 13.3. The molecule has 0 saturated carbocycles. The van der Waals surface area contributed by atoms with Crippen LogP contribution in [0.25, 0.3) is 0 Å². The summed E-state index contributed by atoms with van der Waals surface area (Å²) in [4.78, 5) is 3.89. The molecular weight excluding hydrogens is 153 g/mol. The van der Waals surface area contributed by atoms with Crippen LogP contribution >= 0.6 is 0 Å². The van der Waals surface area contributed by atoms with Crippen molar-refractivity contribution in [3.63, 3.8) is 0 Å². The summed E-state index contributed by atoms with van der Waals surface area (Å²) in [6.45, 7) is 2.91. The lowest BCUT2D eigenvalue weighted by Gasteiger charge is -2.12. The van der Waals surface area contributed by atoms with Gasteiger partial charge in [0.2, 0.25) is 0 Å². The molecule has 0 unspecified atom stereocenters. The van der Waals surface area contributed by atoms with Gasteiger partial charge in [-0.25, -0.2) is 4.39 Å². The Morgan fingerprint density at radius 3 is 2.75 bits per heavy atom. The Hall–Kier alpha value is -1.36. The Morgan fingerprint density at radius 2 is 2.25 bits per heavy atom. The number of aromatic nitrogens is 1. The lowest BCUT2D eigenvalue weighted by molar-refractivity contribution is 0.214. The van der Waals surface area contributed by atoms with E-state index < -0.39 is 5.67 Å². The molecule has 0 aliphatic rings. The molecule has 0 spiro atoms. The predicted molar refractivity (Wildman–Crippen MR) is 46.3 cm³/mol. The molecule has 1 aromatic rings. The molecule has 0 saturated heterocycles. The number of rotatable bonds is 1. The Bertz CT molecular complexity index is 317. The van der Waals surface area contributed by atoms with Crippen LogP contribution in [0.15, 0.2) is 18.3 Å². The first-order chi connectivity index (χ1) is 5.54. The van der Waals surface area contributed by atoms with E-state index in [4.69, 9.17) is 6.42 Å². The molecule has 0 bridgehead atoms. The van der Waals surface area contributed by atoms with Crippen LogP contribution in [-0.2, 0) is 5.67 Å². The summed E-state index contributed by atoms with van der Waals surface area (Å²) >= 11 is 0. The van der Waals surface area contributed by atoms with Crippen molar-refractivity contribution in [3.05, 3.63) is 29.6 Å². The molecule has 0 atom stereocenters. The summed E-state index contributed by atoms with van der Waals surface area (Å²) in [5, 5.41) is 0. The van der Waals surface area contributed by atoms with E-state index in [9.17, 15) is 4.39 Å². The monoisotopic (exact) mass is 163 g/mol. The van der Waals surface area contributed by atoms with Crippen molar-refractivity contribution >= 4 is 0 Å². The zero-order valence-corrected chi connectivity index (χ0v) is 7.13. The third-order valence-corrected chi connectivity index (χ3v) is 1.54. The molecule has 0 N–H and O–H groups in total. The highest BCUT2D eigenvalue weighted by atomic mass is 19.1. The molecule has 1 heterocycles. The molecule has 2 heteroatoms. The van der Waals surface area contributed by atoms with Gasteiger partial charge < -0.3 is 0 Å². The highest BCUT2D eigenvalue weighted by Gasteiger charge is 2.20. The van der Waals surface area contributed by atoms with Crippen LogP contribution in [0.5, 0.6) is 0 Å². The van der Waals surface area contributed by atoms with Crippen LogP contribution in [0.3, 0.4) is 0 Å². The second-order valence-electron chi connectivity index (χ2n) is 3.05. The molecule has 0 fully saturated rings. The molecule has 1 aromatic heterocycles. The third kappa shape index (κ3) is 1.82. The molecule has 62 valence electrons. The Morgan fingerprint density at radius 1 is 1.58 bits per heavy atom. The maximum absolute atomic E-state index is 13.3. The zero-order chi connectivity index (χ0) is 9.19. The quantitative estimate of drug-likeness (QED) is 0.579. The van der Waals surface area contributed by atoms with Gasteiger partial charge in [0.05, 0.1) is 5.69 Å². The Kier molecular flexibility index (Phi) is 2.14. The minimum absolute atomic E-state index is 0.373. The standard InChI is InChI=1S/C10H10FN/c1-4-8-5-6-12-9(7-8)10(2,3)11/h1,5-7H,2-3H3. The lowest BCUT2D eigenvalue weighted by atomic mass is 10.1. The van der Waals surface area contributed by atoms with E-state index in [2.05, 4.69) is 10.9 Å². The van der Waals surface area contributed by atoms with Gasteiger partial charge >= 0.3 is 0 Å². The minimum atomic E-state index is -1.42. The summed E-state index contributed by atoms with van der Waals surface area (Å²) in [6.07, 6.45) is 6.68. The van der Waals surface area contributed by atoms with Gasteiger partial charge in [-0.1, -0.05) is 5.92 Å². The second-order valence-corrected chi connectivity index (χ2v) is 3.05. The van der Waals surface area contributed by atoms with Crippen LogP contribution in [0.4, 0.5) is 4.39 Å². The fourth-order valence-corrected chi connectivity index (χ4v) is 0.845. The molecule has 0 aromatic carbocycles. The van der Waals surface area contributed by atoms with Gasteiger partial charge in [-0.15, -0.1) is 6.42 Å². The average Bonchev–Trinajstić information content (AvgIpc) is 2.03. The van der Waals surface area contributed by atoms with Crippen LogP contribution in [0, 0.1) is 12.3 Å². The maximum Gasteiger partial charge on any atom is 0.147 e. The number of alkyl halides is 1. The highest BCUT2D eigenvalue weighted by molar-refractivity contribution is 5.33. The van der Waals surface area contributed by atoms with Gasteiger partial charge in [-0.3, -0.25) is 4.98 Å². The Balaban J connectivity index is 3.13. The number of nitrogens with zero attached hydrogens (tertiary/aromatic N) is 1. The van der Waals surface area contributed by atoms with Crippen LogP contribution in [0.2, 0.25) is 0 Å². The van der Waals surface area contributed by atoms with Gasteiger partial charge in [0.1, 0.15) is 5.67 Å². The predicted octanol–water partition coefficient (Wildman–Crippen LogP) is 2.27. The first kappa shape index (κ1) is 8.73. The molecule has 0 amide bonds. The van der Waals surface area contributed by atoms with E-state index in [1.807, 2.05) is 0 Å². The average molecular weight is 163 g/mol. The molecule has 0 radical (unpaired) electrons. The highest BCUT2D eigenvalue weighted by Crippen LogP contribution is 2.22. The third-order valence-electron chi connectivity index (χ3n) is 1.54. The fourth-order valence-electron chi connectivity index (χ4n) is 0.845. The van der Waals surface area contributed by atoms with Gasteiger partial charge in [0, 0.05) is 11.8 Å². The van der Waals surface area contributed by atoms with Crippen molar-refractivity contribution in [2.24, 2.45) is 0 Å². The number of pyridine rings is 1. The number of terminal acetylenes is 1. The van der Waals surface area contributed by atoms with Gasteiger partial charge in [0.15, 0.2) is 0 Å². The summed E-state index contributed by atoms with van der Waals surface area (Å²) in [7, 11) is 0. The lowest BCUT2D eigenvalue weighted by Crippen LogP contribution is -2.11. The largest absolute Gasteiger partial charge is 0.258 e. The molecule has 0 aliphatic carbocycles. The minimum Gasteiger partial charge on any atom is -0.258 e. The molecule has 1 rings (SSSR count). The van der Waals surface area contributed by atoms with Crippen LogP contribution in [-0.4, -0.2) is 4.98 Å². The van der Waals surface area contributed by atoms with Crippen LogP contribution < -0.4 is 0 Å². The number of hydrogen-bond donors (Lipinski definition) is 0. The summed E-state index contributed by atoms with van der Waals surface area (Å²) in [5.41, 5.74) is -0.393. The van der Waals surface area contributed by atoms with Crippen molar-refractivity contribution in [2.45, 2.75) is 19.5 Å². The topological polar surface area (TPSA) is 12.9 Å². The summed E-state index contributed by atoms with van der Waals surface area (Å²) in [5.74, 6) is 2.43. The van der Waals surface area contributed by atoms with E-state index in [0.29, 0.717) is 11.3 Å². The molecular formula is C10H10FN. The van der Waals surface area contributed by atoms with Crippen molar-refractivity contribution in [1.29, 1.82) is 0 Å². The number of hydrogen-bond acceptors (Lipinski definition) is 1. The zero-order valence-electron chi connectivity index (χ0n) is 7.13. The Labute approximate surface area is 71.6 Å². The van der Waals surface area contributed by atoms with Gasteiger partial charge in [0.25, 0.3) is 0 Å². The van der Waals surface area contributed by atoms with E-state index >= 15 is 0 Å². The summed E-state index contributed by atoms with van der Waals surface area (Å²) in [6, 6.07) is 3.26. The first-order valence-corrected chi connectivity index (χ1v) is 3.66. The van der Waals surface area contributed by atoms with Crippen molar-refractivity contribution in [3.8, 4) is 12.3 Å². The van der Waals surface area contributed by atoms with Crippen molar-refractivity contribution < 1.29 is 4.39 Å². The van der Waals surface area contributed by atoms with Gasteiger partial charge in [-0.2, -0.15) is 0 Å². The van der Waals surface area contributed by atoms with E-state index in [1.165, 1.54) is 20.0 Å². The maximum atomic E-state index is 13.3. The number of halogens is 1. The SMILES string of the molecule is C#Cc1ccnc(C(C)(C)F)c1. The van der Waals surface area contributed by atoms with Crippen molar-refractivity contribution in [2.75, 3.05) is 0 Å². The van der Waals surface area contributed by atoms with Crippen molar-refractivity contribution in [1.82, 2.24) is 4.98 Å². The molecule has 1 nitrogen and oxygen atoms in total. The normalized spacial score (nSPS) is 10.8. The van der Waals surface area contributed by atoms with Gasteiger partial charge in [-0.05, 0) is 26.0 Å². The van der Waals surface area contributed by atoms with Crippen LogP contribution in [0.1, 0.15) is 25.1 Å². The second kappa shape index (κ2) is 2.94. The van der Waals surface area contributed by atoms with E-state index in [-0.39, 0.29) is 0 Å². The van der Waals surface area contributed by atoms with E-state index in [0.717, 1.165) is 0 Å². The smallest absolute Gasteiger partial charge is 0.147 e. The first-order valence-electron chi connectivity index (χ1n) is 3.66. The molecule has 0 aliphatic heterocycles. The fraction of sp³-hybridized carbons (Fsp3) is 0.300. The molecule has 12 heavy (non-hydrogen) atoms. The van der Waals surface area contributed by atoms with E-state index in [1.54, 1.807) is 12.1 Å².